The number of hydrogen-bond acceptors (Lipinski definition) is 4. The zero-order valence-corrected chi connectivity index (χ0v) is 19.7. The van der Waals surface area contributed by atoms with Gasteiger partial charge in [-0.2, -0.15) is 13.2 Å². The Labute approximate surface area is 190 Å². The fourth-order valence-corrected chi connectivity index (χ4v) is 5.65. The van der Waals surface area contributed by atoms with E-state index in [2.05, 4.69) is 5.16 Å². The maximum Gasteiger partial charge on any atom is 0.459 e. The molecular weight excluding hydrogens is 474 g/mol. The topological polar surface area (TPSA) is 47.9 Å². The summed E-state index contributed by atoms with van der Waals surface area (Å²) in [6.45, 7) is 6.81. The zero-order valence-electron chi connectivity index (χ0n) is 17.4. The quantitative estimate of drug-likeness (QED) is 0.521. The molecule has 0 amide bonds. The molecular formula is C21H20Cl2F3NO3S. The molecule has 4 nitrogen and oxygen atoms in total. The minimum absolute atomic E-state index is 0.180. The van der Waals surface area contributed by atoms with E-state index in [-0.39, 0.29) is 26.2 Å². The second kappa shape index (κ2) is 8.39. The summed E-state index contributed by atoms with van der Waals surface area (Å²) in [4.78, 5) is 5.06. The number of aryl methyl sites for hydroxylation is 1. The molecule has 2 aromatic rings. The molecule has 10 heteroatoms. The number of oxime groups is 1. The van der Waals surface area contributed by atoms with Crippen molar-refractivity contribution in [3.63, 3.8) is 0 Å². The van der Waals surface area contributed by atoms with Crippen LogP contribution in [0.2, 0.25) is 10.0 Å². The maximum absolute atomic E-state index is 14.2. The fourth-order valence-electron chi connectivity index (χ4n) is 3.62. The summed E-state index contributed by atoms with van der Waals surface area (Å²) in [5.41, 5.74) is 2.46. The third kappa shape index (κ3) is 3.77. The number of rotatable bonds is 4. The minimum atomic E-state index is -5.03. The van der Waals surface area contributed by atoms with Gasteiger partial charge < -0.3 is 9.57 Å². The first-order chi connectivity index (χ1) is 14.4. The largest absolute Gasteiger partial charge is 0.459 e. The summed E-state index contributed by atoms with van der Waals surface area (Å²) in [5, 5.41) is 2.50. The molecule has 0 fully saturated rings. The summed E-state index contributed by atoms with van der Waals surface area (Å²) in [6, 6.07) is 6.34. The van der Waals surface area contributed by atoms with Crippen LogP contribution in [0.1, 0.15) is 27.8 Å². The van der Waals surface area contributed by atoms with Crippen molar-refractivity contribution < 1.29 is 27.0 Å². The van der Waals surface area contributed by atoms with Gasteiger partial charge in [0.2, 0.25) is 0 Å². The van der Waals surface area contributed by atoms with Gasteiger partial charge >= 0.3 is 12.0 Å². The average Bonchev–Trinajstić information content (AvgIpc) is 3.11. The first-order valence-corrected chi connectivity index (χ1v) is 11.1. The summed E-state index contributed by atoms with van der Waals surface area (Å²) in [7, 11) is -1.39. The fraction of sp³-hybridized carbons (Fsp3) is 0.381. The summed E-state index contributed by atoms with van der Waals surface area (Å²) in [5.74, 6) is -3.24. The molecule has 2 aromatic carbocycles. The van der Waals surface area contributed by atoms with Gasteiger partial charge in [-0.3, -0.25) is 4.21 Å². The van der Waals surface area contributed by atoms with Gasteiger partial charge in [-0.1, -0.05) is 46.1 Å². The number of nitrogens with zero attached hydrogens (tertiary/aromatic N) is 1. The van der Waals surface area contributed by atoms with E-state index in [1.165, 1.54) is 12.1 Å². The molecule has 1 aliphatic rings. The maximum atomic E-state index is 14.2. The van der Waals surface area contributed by atoms with Crippen LogP contribution in [-0.4, -0.2) is 34.2 Å². The van der Waals surface area contributed by atoms with E-state index in [1.807, 2.05) is 6.92 Å². The molecule has 3 rings (SSSR count). The van der Waals surface area contributed by atoms with Crippen LogP contribution in [0.15, 0.2) is 34.3 Å². The van der Waals surface area contributed by atoms with Gasteiger partial charge in [0.15, 0.2) is 5.25 Å². The van der Waals surface area contributed by atoms with Crippen LogP contribution >= 0.6 is 23.2 Å². The first-order valence-electron chi connectivity index (χ1n) is 9.17. The van der Waals surface area contributed by atoms with Crippen molar-refractivity contribution in [3.05, 3.63) is 62.1 Å². The summed E-state index contributed by atoms with van der Waals surface area (Å²) >= 11 is 12.8. The second-order valence-corrected chi connectivity index (χ2v) is 9.60. The molecule has 168 valence electrons. The Morgan fingerprint density at radius 2 is 1.55 bits per heavy atom. The summed E-state index contributed by atoms with van der Waals surface area (Å²) < 4.78 is 61.0. The number of methoxy groups -OCH3 is 1. The highest BCUT2D eigenvalue weighted by molar-refractivity contribution is 7.86. The zero-order chi connectivity index (χ0) is 23.3. The van der Waals surface area contributed by atoms with Gasteiger partial charge in [-0.05, 0) is 56.5 Å². The van der Waals surface area contributed by atoms with Crippen LogP contribution in [0.25, 0.3) is 0 Å². The van der Waals surface area contributed by atoms with Gasteiger partial charge in [0.1, 0.15) is 5.71 Å². The van der Waals surface area contributed by atoms with E-state index in [4.69, 9.17) is 32.8 Å². The normalized spacial score (nSPS) is 22.3. The Bertz CT molecular complexity index is 1060. The van der Waals surface area contributed by atoms with Crippen molar-refractivity contribution >= 4 is 39.7 Å². The molecule has 0 saturated carbocycles. The van der Waals surface area contributed by atoms with Gasteiger partial charge in [-0.25, -0.2) is 0 Å². The Morgan fingerprint density at radius 3 is 2.00 bits per heavy atom. The van der Waals surface area contributed by atoms with Crippen molar-refractivity contribution in [2.75, 3.05) is 7.11 Å². The molecule has 0 spiro atoms. The van der Waals surface area contributed by atoms with Gasteiger partial charge in [0.25, 0.3) is 0 Å². The number of alkyl halides is 3. The monoisotopic (exact) mass is 493 g/mol. The van der Waals surface area contributed by atoms with Crippen molar-refractivity contribution in [2.24, 2.45) is 5.16 Å². The lowest BCUT2D eigenvalue weighted by Gasteiger charge is -2.33. The molecule has 0 radical (unpaired) electrons. The van der Waals surface area contributed by atoms with Crippen molar-refractivity contribution in [1.29, 1.82) is 0 Å². The van der Waals surface area contributed by atoms with Crippen LogP contribution in [0.5, 0.6) is 0 Å². The van der Waals surface area contributed by atoms with E-state index in [0.29, 0.717) is 16.7 Å². The van der Waals surface area contributed by atoms with Crippen LogP contribution in [-0.2, 0) is 20.4 Å². The number of benzene rings is 2. The third-order valence-corrected chi connectivity index (χ3v) is 8.19. The predicted octanol–water partition coefficient (Wildman–Crippen LogP) is 6.04. The van der Waals surface area contributed by atoms with E-state index in [1.54, 1.807) is 32.9 Å². The number of halogens is 5. The number of ether oxygens (including phenoxy) is 1. The molecule has 31 heavy (non-hydrogen) atoms. The SMILES string of the molecule is CO[C@]1(C(F)(F)F)ON=C(c2c(C)c(Cl)c(C)c(Cl)c2C)[C@@H]1[S@@](=O)c1ccc(C)cc1. The van der Waals surface area contributed by atoms with E-state index >= 15 is 0 Å². The molecule has 0 aromatic heterocycles. The molecule has 0 N–H and O–H groups in total. The third-order valence-electron chi connectivity index (χ3n) is 5.36. The lowest BCUT2D eigenvalue weighted by molar-refractivity contribution is -0.362. The van der Waals surface area contributed by atoms with E-state index in [9.17, 15) is 17.4 Å². The minimum Gasteiger partial charge on any atom is -0.348 e. The highest BCUT2D eigenvalue weighted by Gasteiger charge is 2.70. The van der Waals surface area contributed by atoms with Crippen molar-refractivity contribution in [2.45, 2.75) is 49.8 Å². The van der Waals surface area contributed by atoms with Crippen molar-refractivity contribution in [1.82, 2.24) is 0 Å². The smallest absolute Gasteiger partial charge is 0.348 e. The molecule has 0 aliphatic carbocycles. The Hall–Kier alpha value is -1.61. The van der Waals surface area contributed by atoms with Gasteiger partial charge in [-0.15, -0.1) is 0 Å². The van der Waals surface area contributed by atoms with E-state index in [0.717, 1.165) is 12.7 Å². The molecule has 0 unspecified atom stereocenters. The highest BCUT2D eigenvalue weighted by Crippen LogP contribution is 2.47. The Balaban J connectivity index is 2.28. The average molecular weight is 494 g/mol. The van der Waals surface area contributed by atoms with Crippen LogP contribution < -0.4 is 0 Å². The number of hydrogen-bond donors (Lipinski definition) is 0. The van der Waals surface area contributed by atoms with E-state index < -0.39 is 28.0 Å². The van der Waals surface area contributed by atoms with Crippen LogP contribution in [0.4, 0.5) is 13.2 Å². The highest BCUT2D eigenvalue weighted by atomic mass is 35.5. The lowest BCUT2D eigenvalue weighted by atomic mass is 9.92. The second-order valence-electron chi connectivity index (χ2n) is 7.31. The van der Waals surface area contributed by atoms with Gasteiger partial charge in [0, 0.05) is 27.6 Å². The summed E-state index contributed by atoms with van der Waals surface area (Å²) in [6.07, 6.45) is -5.03. The standard InChI is InChI=1S/C21H20Cl2F3NO3S/c1-10-6-8-14(9-7-10)31(28)19-18(27-30-20(19,29-5)21(24,25)26)15-11(2)16(22)13(4)17(23)12(15)3/h6-9,19H,1-5H3/t19-,20-,31-/m0/s1. The molecule has 0 saturated heterocycles. The Morgan fingerprint density at radius 1 is 1.03 bits per heavy atom. The Kier molecular flexibility index (Phi) is 6.50. The molecule has 0 bridgehead atoms. The van der Waals surface area contributed by atoms with Crippen LogP contribution in [0, 0.1) is 27.7 Å². The molecule has 3 atom stereocenters. The van der Waals surface area contributed by atoms with Crippen molar-refractivity contribution in [3.8, 4) is 0 Å². The lowest BCUT2D eigenvalue weighted by Crippen LogP contribution is -2.58. The predicted molar refractivity (Wildman–Crippen MR) is 115 cm³/mol. The molecule has 1 aliphatic heterocycles. The van der Waals surface area contributed by atoms with Crippen LogP contribution in [0.3, 0.4) is 0 Å². The first kappa shape index (κ1) is 24.0. The molecule has 1 heterocycles. The van der Waals surface area contributed by atoms with Gasteiger partial charge in [0.05, 0.1) is 10.8 Å².